The fourth-order valence-corrected chi connectivity index (χ4v) is 2.53. The van der Waals surface area contributed by atoms with Crippen LogP contribution in [0.25, 0.3) is 0 Å². The van der Waals surface area contributed by atoms with Crippen molar-refractivity contribution in [3.05, 3.63) is 35.6 Å². The number of hydrogen-bond donors (Lipinski definition) is 2. The Kier molecular flexibility index (Phi) is 6.95. The van der Waals surface area contributed by atoms with Gasteiger partial charge in [0.15, 0.2) is 0 Å². The maximum absolute atomic E-state index is 12.8. The van der Waals surface area contributed by atoms with Crippen LogP contribution in [-0.2, 0) is 16.0 Å². The van der Waals surface area contributed by atoms with E-state index in [1.807, 2.05) is 6.92 Å². The minimum atomic E-state index is -0.265. The Bertz CT molecular complexity index is 495. The molecule has 128 valence electrons. The molecule has 23 heavy (non-hydrogen) atoms. The van der Waals surface area contributed by atoms with Gasteiger partial charge in [-0.05, 0) is 38.1 Å². The lowest BCUT2D eigenvalue weighted by molar-refractivity contribution is -0.122. The highest BCUT2D eigenvalue weighted by atomic mass is 19.1. The van der Waals surface area contributed by atoms with Gasteiger partial charge in [0.05, 0.1) is 18.8 Å². The van der Waals surface area contributed by atoms with E-state index in [1.54, 1.807) is 12.1 Å². The molecule has 0 bridgehead atoms. The van der Waals surface area contributed by atoms with Crippen LogP contribution in [0.3, 0.4) is 0 Å². The molecule has 1 aromatic rings. The number of halogens is 1. The van der Waals surface area contributed by atoms with Crippen molar-refractivity contribution in [2.24, 2.45) is 0 Å². The number of ether oxygens (including phenoxy) is 1. The van der Waals surface area contributed by atoms with Crippen LogP contribution in [0.15, 0.2) is 24.3 Å². The number of hydrogen-bond acceptors (Lipinski definition) is 4. The summed E-state index contributed by atoms with van der Waals surface area (Å²) >= 11 is 0. The van der Waals surface area contributed by atoms with Crippen molar-refractivity contribution in [3.63, 3.8) is 0 Å². The fraction of sp³-hybridized carbons (Fsp3) is 0.588. The molecule has 1 amide bonds. The molecule has 0 radical (unpaired) electrons. The van der Waals surface area contributed by atoms with Crippen LogP contribution < -0.4 is 10.6 Å². The molecule has 2 atom stereocenters. The number of carbonyl (C=O) groups is 1. The highest BCUT2D eigenvalue weighted by molar-refractivity contribution is 5.81. The van der Waals surface area contributed by atoms with Crippen molar-refractivity contribution in [1.29, 1.82) is 0 Å². The standard InChI is InChI=1S/C17H26FN3O2/c1-13(20-11-16-12-21(2)9-10-23-16)17(22)19-8-7-14-3-5-15(18)6-4-14/h3-6,13,16,20H,7-12H2,1-2H3,(H,19,22)/t13-,16+/m1/s1. The highest BCUT2D eigenvalue weighted by Gasteiger charge is 2.19. The fourth-order valence-electron chi connectivity index (χ4n) is 2.53. The molecule has 0 aliphatic carbocycles. The third-order valence-electron chi connectivity index (χ3n) is 4.01. The third kappa shape index (κ3) is 6.25. The molecule has 0 aromatic heterocycles. The Hall–Kier alpha value is -1.50. The molecule has 0 saturated carbocycles. The Balaban J connectivity index is 1.63. The number of amides is 1. The maximum Gasteiger partial charge on any atom is 0.236 e. The van der Waals surface area contributed by atoms with Crippen LogP contribution in [0.2, 0.25) is 0 Å². The van der Waals surface area contributed by atoms with Gasteiger partial charge < -0.3 is 20.3 Å². The smallest absolute Gasteiger partial charge is 0.236 e. The molecule has 1 aromatic carbocycles. The van der Waals surface area contributed by atoms with Crippen LogP contribution in [0, 0.1) is 5.82 Å². The summed E-state index contributed by atoms with van der Waals surface area (Å²) in [6.07, 6.45) is 0.818. The number of nitrogens with one attached hydrogen (secondary N) is 2. The van der Waals surface area contributed by atoms with Crippen molar-refractivity contribution < 1.29 is 13.9 Å². The molecule has 1 heterocycles. The van der Waals surface area contributed by atoms with Gasteiger partial charge in [0.25, 0.3) is 0 Å². The van der Waals surface area contributed by atoms with E-state index in [0.717, 1.165) is 25.3 Å². The highest BCUT2D eigenvalue weighted by Crippen LogP contribution is 2.03. The van der Waals surface area contributed by atoms with Crippen molar-refractivity contribution in [1.82, 2.24) is 15.5 Å². The molecule has 2 rings (SSSR count). The van der Waals surface area contributed by atoms with E-state index in [1.165, 1.54) is 12.1 Å². The Morgan fingerprint density at radius 1 is 1.43 bits per heavy atom. The van der Waals surface area contributed by atoms with Crippen molar-refractivity contribution in [2.75, 3.05) is 39.8 Å². The van der Waals surface area contributed by atoms with Crippen LogP contribution in [0.4, 0.5) is 4.39 Å². The van der Waals surface area contributed by atoms with Crippen LogP contribution in [-0.4, -0.2) is 62.8 Å². The zero-order chi connectivity index (χ0) is 16.7. The molecule has 0 spiro atoms. The predicted molar refractivity (Wildman–Crippen MR) is 87.8 cm³/mol. The minimum absolute atomic E-state index is 0.0312. The largest absolute Gasteiger partial charge is 0.374 e. The summed E-state index contributed by atoms with van der Waals surface area (Å²) in [5, 5.41) is 6.11. The average Bonchev–Trinajstić information content (AvgIpc) is 2.54. The summed E-state index contributed by atoms with van der Waals surface area (Å²) in [7, 11) is 2.07. The van der Waals surface area contributed by atoms with Gasteiger partial charge >= 0.3 is 0 Å². The van der Waals surface area contributed by atoms with Crippen LogP contribution >= 0.6 is 0 Å². The van der Waals surface area contributed by atoms with Gasteiger partial charge in [0.2, 0.25) is 5.91 Å². The summed E-state index contributed by atoms with van der Waals surface area (Å²) in [4.78, 5) is 14.3. The zero-order valence-corrected chi connectivity index (χ0v) is 13.8. The van der Waals surface area contributed by atoms with Crippen molar-refractivity contribution >= 4 is 5.91 Å². The van der Waals surface area contributed by atoms with E-state index in [4.69, 9.17) is 4.74 Å². The van der Waals surface area contributed by atoms with E-state index in [2.05, 4.69) is 22.6 Å². The number of benzene rings is 1. The zero-order valence-electron chi connectivity index (χ0n) is 13.8. The molecule has 1 fully saturated rings. The van der Waals surface area contributed by atoms with Gasteiger partial charge in [0, 0.05) is 26.2 Å². The molecule has 5 nitrogen and oxygen atoms in total. The second kappa shape index (κ2) is 8.96. The van der Waals surface area contributed by atoms with Gasteiger partial charge in [0.1, 0.15) is 5.82 Å². The van der Waals surface area contributed by atoms with E-state index in [0.29, 0.717) is 19.5 Å². The normalized spacial score (nSPS) is 20.2. The minimum Gasteiger partial charge on any atom is -0.374 e. The number of morpholine rings is 1. The van der Waals surface area contributed by atoms with Crippen LogP contribution in [0.1, 0.15) is 12.5 Å². The maximum atomic E-state index is 12.8. The summed E-state index contributed by atoms with van der Waals surface area (Å²) in [6.45, 7) is 5.62. The van der Waals surface area contributed by atoms with Gasteiger partial charge in [-0.2, -0.15) is 0 Å². The number of rotatable bonds is 7. The molecule has 1 aliphatic heterocycles. The van der Waals surface area contributed by atoms with Gasteiger partial charge in [-0.15, -0.1) is 0 Å². The first-order valence-electron chi connectivity index (χ1n) is 8.10. The first-order chi connectivity index (χ1) is 11.0. The lowest BCUT2D eigenvalue weighted by atomic mass is 10.1. The molecular weight excluding hydrogens is 297 g/mol. The summed E-state index contributed by atoms with van der Waals surface area (Å²) in [6, 6.07) is 6.07. The molecule has 1 saturated heterocycles. The van der Waals surface area contributed by atoms with Crippen molar-refractivity contribution in [3.8, 4) is 0 Å². The van der Waals surface area contributed by atoms with Gasteiger partial charge in [-0.1, -0.05) is 12.1 Å². The summed E-state index contributed by atoms with van der Waals surface area (Å²) in [5.74, 6) is -0.275. The van der Waals surface area contributed by atoms with E-state index in [-0.39, 0.29) is 23.9 Å². The van der Waals surface area contributed by atoms with Gasteiger partial charge in [-0.3, -0.25) is 4.79 Å². The SMILES string of the molecule is C[C@@H](NC[C@H]1CN(C)CCO1)C(=O)NCCc1ccc(F)cc1. The molecule has 1 aliphatic rings. The summed E-state index contributed by atoms with van der Waals surface area (Å²) < 4.78 is 18.5. The first-order valence-corrected chi connectivity index (χ1v) is 8.10. The quantitative estimate of drug-likeness (QED) is 0.779. The van der Waals surface area contributed by atoms with E-state index in [9.17, 15) is 9.18 Å². The number of carbonyl (C=O) groups excluding carboxylic acids is 1. The second-order valence-electron chi connectivity index (χ2n) is 6.05. The monoisotopic (exact) mass is 323 g/mol. The van der Waals surface area contributed by atoms with Gasteiger partial charge in [-0.25, -0.2) is 4.39 Å². The van der Waals surface area contributed by atoms with Crippen LogP contribution in [0.5, 0.6) is 0 Å². The molecule has 2 N–H and O–H groups in total. The molecule has 0 unspecified atom stereocenters. The Labute approximate surface area is 137 Å². The Morgan fingerprint density at radius 2 is 2.17 bits per heavy atom. The lowest BCUT2D eigenvalue weighted by Gasteiger charge is -2.30. The topological polar surface area (TPSA) is 53.6 Å². The van der Waals surface area contributed by atoms with E-state index < -0.39 is 0 Å². The van der Waals surface area contributed by atoms with E-state index >= 15 is 0 Å². The predicted octanol–water partition coefficient (Wildman–Crippen LogP) is 0.793. The second-order valence-corrected chi connectivity index (χ2v) is 6.05. The first kappa shape index (κ1) is 17.8. The molecule has 6 heteroatoms. The lowest BCUT2D eigenvalue weighted by Crippen LogP contribution is -2.49. The number of likely N-dealkylation sites (N-methyl/N-ethyl adjacent to an activating group) is 1. The Morgan fingerprint density at radius 3 is 2.87 bits per heavy atom. The molecular formula is C17H26FN3O2. The average molecular weight is 323 g/mol. The summed E-state index contributed by atoms with van der Waals surface area (Å²) in [5.41, 5.74) is 1.01. The third-order valence-corrected chi connectivity index (χ3v) is 4.01. The number of nitrogens with zero attached hydrogens (tertiary/aromatic N) is 1. The van der Waals surface area contributed by atoms with Crippen molar-refractivity contribution in [2.45, 2.75) is 25.5 Å².